The van der Waals surface area contributed by atoms with Crippen molar-refractivity contribution in [2.24, 2.45) is 17.8 Å². The van der Waals surface area contributed by atoms with Crippen LogP contribution in [0.25, 0.3) is 6.08 Å². The summed E-state index contributed by atoms with van der Waals surface area (Å²) >= 11 is 0. The Morgan fingerprint density at radius 2 is 1.28 bits per heavy atom. The number of carbonyl (C=O) groups is 1. The van der Waals surface area contributed by atoms with Crippen LogP contribution in [0, 0.1) is 17.8 Å². The van der Waals surface area contributed by atoms with Crippen molar-refractivity contribution in [3.63, 3.8) is 0 Å². The molecular weight excluding hydrogens is 1010 g/mol. The van der Waals surface area contributed by atoms with Crippen LogP contribution in [0.4, 0.5) is 0 Å². The smallest absolute Gasteiger partial charge is 0.726 e. The monoisotopic (exact) mass is 1060 g/mol. The molecule has 26 nitrogen and oxygen atoms in total. The molecule has 4 aliphatic rings. The normalized spacial score (nSPS) is 36.7. The van der Waals surface area contributed by atoms with Crippen LogP contribution in [0.15, 0.2) is 49.1 Å². The number of benzene rings is 1. The maximum atomic E-state index is 13.4. The fraction of sp³-hybridized carbons (Fsp3) is 0.694. The van der Waals surface area contributed by atoms with Gasteiger partial charge in [0, 0.05) is 12.5 Å². The third-order valence-corrected chi connectivity index (χ3v) is 12.3. The molecule has 3 saturated heterocycles. The standard InChI is InChI=1S/C36H53NO25S3.3Na/c1-3-20-13-19(10-9-18-7-5-4-6-8-18)14-21(20)33(44)37-11-12-54-34-29(43)32(61-35-27(41)26(40)24(38)17(2)57-35)30(23(59-34)16-56-64(48,49)50)60-36-28(42)31(62-65(51,52)53)25(39)22(58-36)15-55-63(45,46)47;;;/h3-10,17,19-32,34-36,38-43H,1,11-16H2,2H3,(H,37,44)(H,45,46,47)(H,48,49,50)(H,51,52,53);;;/q;3*+1/p-3/b10-9+;;;/t17-,19?,20?,21?,22+,23+,24+,25-,26+,27-,28+,29+,30+,31-,32+,34+,35-,36-;;;/m0.../s1. The molecule has 7 N–H and O–H groups in total. The third-order valence-electron chi connectivity index (χ3n) is 11.0. The van der Waals surface area contributed by atoms with E-state index in [1.54, 1.807) is 6.08 Å². The van der Waals surface area contributed by atoms with Gasteiger partial charge in [-0.1, -0.05) is 48.6 Å². The second kappa shape index (κ2) is 28.3. The summed E-state index contributed by atoms with van der Waals surface area (Å²) in [6.45, 7) is 1.68. The van der Waals surface area contributed by atoms with E-state index < -0.39 is 149 Å². The molecule has 3 unspecified atom stereocenters. The van der Waals surface area contributed by atoms with E-state index in [0.717, 1.165) is 5.56 Å². The number of rotatable bonds is 20. The van der Waals surface area contributed by atoms with Gasteiger partial charge in [0.05, 0.1) is 25.9 Å². The molecule has 32 heteroatoms. The minimum Gasteiger partial charge on any atom is -0.726 e. The average Bonchev–Trinajstić information content (AvgIpc) is 3.66. The number of hydrogen-bond acceptors (Lipinski definition) is 25. The van der Waals surface area contributed by atoms with Crippen LogP contribution in [-0.2, 0) is 77.0 Å². The molecule has 1 saturated carbocycles. The van der Waals surface area contributed by atoms with Crippen molar-refractivity contribution in [1.82, 2.24) is 5.32 Å². The fourth-order valence-electron chi connectivity index (χ4n) is 7.75. The molecule has 3 aliphatic heterocycles. The van der Waals surface area contributed by atoms with Crippen LogP contribution in [0.1, 0.15) is 25.3 Å². The molecular formula is C36H50NNa3O25S3. The number of aliphatic hydroxyl groups is 6. The summed E-state index contributed by atoms with van der Waals surface area (Å²) in [6, 6.07) is 9.54. The van der Waals surface area contributed by atoms with E-state index in [2.05, 4.69) is 24.4 Å². The Morgan fingerprint density at radius 3 is 1.87 bits per heavy atom. The molecule has 0 radical (unpaired) electrons. The molecule has 0 bridgehead atoms. The van der Waals surface area contributed by atoms with Gasteiger partial charge >= 0.3 is 88.7 Å². The summed E-state index contributed by atoms with van der Waals surface area (Å²) < 4.78 is 150. The van der Waals surface area contributed by atoms with Crippen molar-refractivity contribution in [3.05, 3.63) is 54.6 Å². The zero-order chi connectivity index (χ0) is 48.0. The van der Waals surface area contributed by atoms with Crippen molar-refractivity contribution >= 4 is 43.2 Å². The number of hydrogen-bond donors (Lipinski definition) is 7. The molecule has 1 aromatic carbocycles. The van der Waals surface area contributed by atoms with Gasteiger partial charge in [-0.05, 0) is 37.2 Å². The van der Waals surface area contributed by atoms with Crippen LogP contribution < -0.4 is 94.0 Å². The molecule has 18 atom stereocenters. The van der Waals surface area contributed by atoms with Gasteiger partial charge in [0.1, 0.15) is 67.1 Å². The SMILES string of the molecule is C=CC1CC(/C=C/c2ccccc2)CC1C(=O)NCCO[C@@H]1O[C@H](COS(=O)(=O)[O-])[C@@H](O[C@@H]2O[C@H](COS(=O)(=O)[O-])[C@H](O)[C@H](OS(=O)(=O)[O-])[C@H]2O)[C@H](O[C@@H]2O[C@@H](C)[C@@H](O)[C@@H](O)[C@@H]2O)[C@H]1O.[Na+].[Na+].[Na+]. The van der Waals surface area contributed by atoms with Gasteiger partial charge < -0.3 is 78.0 Å². The fourth-order valence-corrected chi connectivity index (χ4v) is 8.85. The Bertz CT molecular complexity index is 2120. The first-order valence-electron chi connectivity index (χ1n) is 19.8. The summed E-state index contributed by atoms with van der Waals surface area (Å²) in [6.07, 6.45) is -25.0. The third kappa shape index (κ3) is 18.6. The topological polar surface area (TPSA) is 405 Å². The van der Waals surface area contributed by atoms with Crippen molar-refractivity contribution < 1.29 is 204 Å². The van der Waals surface area contributed by atoms with Crippen molar-refractivity contribution in [2.45, 2.75) is 112 Å². The predicted octanol–water partition coefficient (Wildman–Crippen LogP) is -13.4. The van der Waals surface area contributed by atoms with E-state index in [-0.39, 0.29) is 113 Å². The van der Waals surface area contributed by atoms with E-state index in [1.807, 2.05) is 42.5 Å². The second-order valence-corrected chi connectivity index (χ2v) is 18.6. The van der Waals surface area contributed by atoms with Gasteiger partial charge in [0.25, 0.3) is 0 Å². The summed E-state index contributed by atoms with van der Waals surface area (Å²) in [7, 11) is -16.9. The molecule has 1 aromatic rings. The Balaban J connectivity index is 0.00000529. The Labute approximate surface area is 458 Å². The van der Waals surface area contributed by atoms with E-state index in [1.165, 1.54) is 6.92 Å². The number of aliphatic hydroxyl groups excluding tert-OH is 6. The maximum absolute atomic E-state index is 13.4. The first-order valence-corrected chi connectivity index (χ1v) is 23.8. The maximum Gasteiger partial charge on any atom is 1.00 e. The molecule has 3 heterocycles. The Kier molecular flexibility index (Phi) is 26.8. The summed E-state index contributed by atoms with van der Waals surface area (Å²) in [5.41, 5.74) is 0.981. The van der Waals surface area contributed by atoms with E-state index in [4.69, 9.17) is 28.4 Å². The summed E-state index contributed by atoms with van der Waals surface area (Å²) in [5.74, 6) is -0.969. The van der Waals surface area contributed by atoms with Crippen molar-refractivity contribution in [1.29, 1.82) is 0 Å². The van der Waals surface area contributed by atoms with Crippen LogP contribution in [0.2, 0.25) is 0 Å². The van der Waals surface area contributed by atoms with E-state index in [9.17, 15) is 74.3 Å². The molecule has 1 amide bonds. The van der Waals surface area contributed by atoms with Crippen molar-refractivity contribution in [3.8, 4) is 0 Å². The van der Waals surface area contributed by atoms with Gasteiger partial charge in [-0.2, -0.15) is 0 Å². The van der Waals surface area contributed by atoms with Crippen molar-refractivity contribution in [2.75, 3.05) is 26.4 Å². The first kappa shape index (κ1) is 64.4. The quantitative estimate of drug-likeness (QED) is 0.0210. The van der Waals surface area contributed by atoms with Crippen LogP contribution in [0.3, 0.4) is 0 Å². The Morgan fingerprint density at radius 1 is 0.721 bits per heavy atom. The molecule has 4 fully saturated rings. The molecule has 68 heavy (non-hydrogen) atoms. The molecule has 370 valence electrons. The first-order chi connectivity index (χ1) is 30.4. The molecule has 0 aromatic heterocycles. The van der Waals surface area contributed by atoms with Crippen LogP contribution >= 0.6 is 0 Å². The van der Waals surface area contributed by atoms with Gasteiger partial charge in [-0.25, -0.2) is 25.3 Å². The molecule has 1 aliphatic carbocycles. The Hall–Kier alpha value is 0.300. The minimum absolute atomic E-state index is 0. The number of ether oxygens (including phenoxy) is 6. The van der Waals surface area contributed by atoms with E-state index in [0.29, 0.717) is 12.8 Å². The molecule has 5 rings (SSSR count). The predicted molar refractivity (Wildman–Crippen MR) is 208 cm³/mol. The van der Waals surface area contributed by atoms with Gasteiger partial charge in [-0.15, -0.1) is 6.58 Å². The van der Waals surface area contributed by atoms with Gasteiger partial charge in [-0.3, -0.25) is 17.3 Å². The number of amides is 1. The van der Waals surface area contributed by atoms with Crippen LogP contribution in [-0.4, -0.2) is 194 Å². The van der Waals surface area contributed by atoms with Gasteiger partial charge in [0.2, 0.25) is 37.1 Å². The average molecular weight is 1060 g/mol. The second-order valence-electron chi connectivity index (χ2n) is 15.5. The minimum atomic E-state index is -5.81. The zero-order valence-corrected chi connectivity index (χ0v) is 45.6. The number of carbonyl (C=O) groups excluding carboxylic acids is 1. The molecule has 0 spiro atoms. The number of nitrogens with one attached hydrogen (secondary N) is 1. The summed E-state index contributed by atoms with van der Waals surface area (Å²) in [4.78, 5) is 13.4. The largest absolute Gasteiger partial charge is 1.00 e. The van der Waals surface area contributed by atoms with E-state index >= 15 is 0 Å². The van der Waals surface area contributed by atoms with Crippen LogP contribution in [0.5, 0.6) is 0 Å². The number of allylic oxidation sites excluding steroid dienone is 2. The summed E-state index contributed by atoms with van der Waals surface area (Å²) in [5, 5.41) is 67.6. The zero-order valence-electron chi connectivity index (χ0n) is 37.1. The van der Waals surface area contributed by atoms with Gasteiger partial charge in [0.15, 0.2) is 18.9 Å².